The maximum Gasteiger partial charge on any atom is 0.248 e. The van der Waals surface area contributed by atoms with Gasteiger partial charge in [-0.1, -0.05) is 18.2 Å². The number of nitrogens with one attached hydrogen (secondary N) is 2. The number of anilines is 2. The first-order valence-electron chi connectivity index (χ1n) is 9.39. The van der Waals surface area contributed by atoms with Crippen molar-refractivity contribution in [2.75, 3.05) is 16.3 Å². The minimum Gasteiger partial charge on any atom is -0.321 e. The number of para-hydroxylation sites is 2. The second-order valence-corrected chi connectivity index (χ2v) is 9.08. The summed E-state index contributed by atoms with van der Waals surface area (Å²) in [6.45, 7) is 0.960. The molecule has 1 fully saturated rings. The summed E-state index contributed by atoms with van der Waals surface area (Å²) in [5.74, 6) is 0.402. The minimum atomic E-state index is -3.44. The highest BCUT2D eigenvalue weighted by Crippen LogP contribution is 2.31. The molecule has 0 spiro atoms. The number of aromatic nitrogens is 2. The Morgan fingerprint density at radius 2 is 1.97 bits per heavy atom. The quantitative estimate of drug-likeness (QED) is 0.583. The molecule has 1 aromatic heterocycles. The molecule has 7 nitrogen and oxygen atoms in total. The van der Waals surface area contributed by atoms with Gasteiger partial charge in [-0.2, -0.15) is 5.10 Å². The zero-order valence-corrected chi connectivity index (χ0v) is 16.8. The smallest absolute Gasteiger partial charge is 0.248 e. The van der Waals surface area contributed by atoms with E-state index in [1.54, 1.807) is 30.3 Å². The Labute approximate surface area is 169 Å². The van der Waals surface area contributed by atoms with Crippen LogP contribution in [0, 0.1) is 5.92 Å². The monoisotopic (exact) mass is 410 g/mol. The molecule has 1 aliphatic rings. The van der Waals surface area contributed by atoms with Crippen LogP contribution in [0.4, 0.5) is 11.4 Å². The number of fused-ring (bicyclic) bond motifs is 1. The highest BCUT2D eigenvalue weighted by molar-refractivity contribution is 7.92. The van der Waals surface area contributed by atoms with Gasteiger partial charge in [0.2, 0.25) is 15.9 Å². The molecular weight excluding hydrogens is 388 g/mol. The second-order valence-electron chi connectivity index (χ2n) is 7.33. The van der Waals surface area contributed by atoms with Crippen molar-refractivity contribution in [1.82, 2.24) is 9.78 Å². The number of benzene rings is 2. The number of hydrogen-bond donors (Lipinski definition) is 2. The van der Waals surface area contributed by atoms with Gasteiger partial charge in [0, 0.05) is 18.0 Å². The molecule has 0 atom stereocenters. The number of carbonyl (C=O) groups excluding carboxylic acids is 1. The molecule has 0 bridgehead atoms. The average Bonchev–Trinajstić information content (AvgIpc) is 3.40. The van der Waals surface area contributed by atoms with Gasteiger partial charge in [0.05, 0.1) is 29.3 Å². The third kappa shape index (κ3) is 5.03. The van der Waals surface area contributed by atoms with E-state index in [1.807, 2.05) is 29.1 Å². The van der Waals surface area contributed by atoms with E-state index in [9.17, 15) is 13.2 Å². The maximum absolute atomic E-state index is 12.3. The molecule has 29 heavy (non-hydrogen) atoms. The number of hydrogen-bond acceptors (Lipinski definition) is 4. The summed E-state index contributed by atoms with van der Waals surface area (Å²) >= 11 is 0. The van der Waals surface area contributed by atoms with Crippen LogP contribution in [-0.4, -0.2) is 30.4 Å². The number of rotatable bonds is 7. The molecule has 1 heterocycles. The first-order valence-corrected chi connectivity index (χ1v) is 11.3. The molecular formula is C21H22N4O3S. The van der Waals surface area contributed by atoms with E-state index in [-0.39, 0.29) is 5.91 Å². The number of amides is 1. The number of sulfonamides is 1. The van der Waals surface area contributed by atoms with Crippen LogP contribution in [0.2, 0.25) is 0 Å². The summed E-state index contributed by atoms with van der Waals surface area (Å²) < 4.78 is 27.4. The van der Waals surface area contributed by atoms with Gasteiger partial charge in [-0.25, -0.2) is 8.42 Å². The van der Waals surface area contributed by atoms with Crippen LogP contribution in [0.5, 0.6) is 0 Å². The highest BCUT2D eigenvalue weighted by Gasteiger charge is 2.22. The van der Waals surface area contributed by atoms with Crippen molar-refractivity contribution in [3.8, 4) is 0 Å². The molecule has 0 radical (unpaired) electrons. The van der Waals surface area contributed by atoms with Crippen molar-refractivity contribution < 1.29 is 13.2 Å². The van der Waals surface area contributed by atoms with Gasteiger partial charge in [-0.05, 0) is 54.7 Å². The zero-order valence-electron chi connectivity index (χ0n) is 16.0. The molecule has 150 valence electrons. The molecule has 4 rings (SSSR count). The molecule has 2 N–H and O–H groups in total. The van der Waals surface area contributed by atoms with E-state index < -0.39 is 10.0 Å². The van der Waals surface area contributed by atoms with E-state index in [4.69, 9.17) is 0 Å². The first-order chi connectivity index (χ1) is 13.9. The summed E-state index contributed by atoms with van der Waals surface area (Å²) in [4.78, 5) is 12.3. The van der Waals surface area contributed by atoms with E-state index in [1.165, 1.54) is 18.9 Å². The third-order valence-electron chi connectivity index (χ3n) is 4.70. The highest BCUT2D eigenvalue weighted by atomic mass is 32.2. The van der Waals surface area contributed by atoms with E-state index in [0.717, 1.165) is 35.2 Å². The fourth-order valence-electron chi connectivity index (χ4n) is 3.13. The van der Waals surface area contributed by atoms with Gasteiger partial charge in [-0.3, -0.25) is 14.2 Å². The van der Waals surface area contributed by atoms with Crippen molar-refractivity contribution in [3.63, 3.8) is 0 Å². The first kappa shape index (κ1) is 19.2. The molecule has 8 heteroatoms. The lowest BCUT2D eigenvalue weighted by atomic mass is 10.1. The molecule has 3 aromatic rings. The number of carbonyl (C=O) groups is 1. The third-order valence-corrected chi connectivity index (χ3v) is 5.29. The summed E-state index contributed by atoms with van der Waals surface area (Å²) in [5, 5.41) is 8.21. The van der Waals surface area contributed by atoms with E-state index in [2.05, 4.69) is 15.1 Å². The lowest BCUT2D eigenvalue weighted by molar-refractivity contribution is -0.111. The molecule has 2 aromatic carbocycles. The Hall–Kier alpha value is -3.13. The Balaban J connectivity index is 1.46. The van der Waals surface area contributed by atoms with Gasteiger partial charge in [0.1, 0.15) is 0 Å². The van der Waals surface area contributed by atoms with Gasteiger partial charge in [-0.15, -0.1) is 0 Å². The second kappa shape index (κ2) is 7.71. The van der Waals surface area contributed by atoms with Crippen molar-refractivity contribution in [2.24, 2.45) is 5.92 Å². The molecule has 0 unspecified atom stereocenters. The van der Waals surface area contributed by atoms with Gasteiger partial charge < -0.3 is 5.32 Å². The maximum atomic E-state index is 12.3. The Morgan fingerprint density at radius 1 is 1.21 bits per heavy atom. The summed E-state index contributed by atoms with van der Waals surface area (Å²) in [5.41, 5.74) is 2.70. The molecule has 1 amide bonds. The van der Waals surface area contributed by atoms with Crippen LogP contribution in [0.1, 0.15) is 18.4 Å². The van der Waals surface area contributed by atoms with Crippen molar-refractivity contribution >= 4 is 44.3 Å². The van der Waals surface area contributed by atoms with Crippen molar-refractivity contribution in [1.29, 1.82) is 0 Å². The lowest BCUT2D eigenvalue weighted by Crippen LogP contribution is -2.14. The van der Waals surface area contributed by atoms with Crippen LogP contribution in [0.25, 0.3) is 17.0 Å². The predicted molar refractivity (Wildman–Crippen MR) is 115 cm³/mol. The minimum absolute atomic E-state index is 0.321. The van der Waals surface area contributed by atoms with Crippen LogP contribution in [0.15, 0.2) is 54.7 Å². The Bertz CT molecular complexity index is 1190. The van der Waals surface area contributed by atoms with Crippen LogP contribution < -0.4 is 10.0 Å². The fourth-order valence-corrected chi connectivity index (χ4v) is 3.70. The molecule has 1 aliphatic carbocycles. The standard InChI is InChI=1S/C21H22N4O3S/c1-29(27,28)24-19-5-3-2-4-18(19)23-21(26)11-9-15-8-10-20-17(12-15)13-22-25(20)14-16-6-7-16/h2-5,8-13,16,24H,6-7,14H2,1H3,(H,23,26)/b11-9+. The Morgan fingerprint density at radius 3 is 2.69 bits per heavy atom. The predicted octanol–water partition coefficient (Wildman–Crippen LogP) is 3.47. The van der Waals surface area contributed by atoms with Crippen LogP contribution in [-0.2, 0) is 21.4 Å². The van der Waals surface area contributed by atoms with E-state index >= 15 is 0 Å². The molecule has 0 aliphatic heterocycles. The summed E-state index contributed by atoms with van der Waals surface area (Å²) in [7, 11) is -3.44. The fraction of sp³-hybridized carbons (Fsp3) is 0.238. The molecule has 0 saturated heterocycles. The summed E-state index contributed by atoms with van der Waals surface area (Å²) in [6, 6.07) is 12.6. The van der Waals surface area contributed by atoms with Gasteiger partial charge in [0.15, 0.2) is 0 Å². The largest absolute Gasteiger partial charge is 0.321 e. The SMILES string of the molecule is CS(=O)(=O)Nc1ccccc1NC(=O)/C=C/c1ccc2c(cnn2CC2CC2)c1. The van der Waals surface area contributed by atoms with Gasteiger partial charge >= 0.3 is 0 Å². The molecule has 1 saturated carbocycles. The lowest BCUT2D eigenvalue weighted by Gasteiger charge is -2.10. The Kier molecular flexibility index (Phi) is 5.10. The zero-order chi connectivity index (χ0) is 20.4. The van der Waals surface area contributed by atoms with Gasteiger partial charge in [0.25, 0.3) is 0 Å². The summed E-state index contributed by atoms with van der Waals surface area (Å²) in [6.07, 6.45) is 8.61. The topological polar surface area (TPSA) is 93.1 Å². The van der Waals surface area contributed by atoms with Crippen molar-refractivity contribution in [2.45, 2.75) is 19.4 Å². The van der Waals surface area contributed by atoms with E-state index in [0.29, 0.717) is 11.4 Å². The average molecular weight is 410 g/mol. The number of nitrogens with zero attached hydrogens (tertiary/aromatic N) is 2. The van der Waals surface area contributed by atoms with Crippen LogP contribution in [0.3, 0.4) is 0 Å². The van der Waals surface area contributed by atoms with Crippen LogP contribution >= 0.6 is 0 Å². The van der Waals surface area contributed by atoms with Crippen molar-refractivity contribution in [3.05, 3.63) is 60.3 Å². The normalized spacial score (nSPS) is 14.4.